The van der Waals surface area contributed by atoms with Gasteiger partial charge >= 0.3 is 12.2 Å². The Hall–Kier alpha value is -5.00. The zero-order valence-electron chi connectivity index (χ0n) is 29.0. The van der Waals surface area contributed by atoms with Crippen molar-refractivity contribution in [1.29, 1.82) is 0 Å². The molecular formula is C38H40N2O10. The zero-order valence-corrected chi connectivity index (χ0v) is 29.0. The molecule has 2 heterocycles. The molecule has 2 aromatic rings. The number of carbonyl (C=O) groups is 8. The van der Waals surface area contributed by atoms with E-state index in [1.54, 1.807) is 53.7 Å². The van der Waals surface area contributed by atoms with Crippen LogP contribution in [0.15, 0.2) is 36.4 Å². The molecule has 2 fully saturated rings. The lowest BCUT2D eigenvalue weighted by molar-refractivity contribution is -0.125. The second-order valence-electron chi connectivity index (χ2n) is 15.3. The molecule has 4 aliphatic rings. The normalized spacial score (nSPS) is 23.3. The summed E-state index contributed by atoms with van der Waals surface area (Å²) in [6.45, 7) is 10.8. The molecule has 0 spiro atoms. The van der Waals surface area contributed by atoms with Crippen LogP contribution >= 0.6 is 0 Å². The highest BCUT2D eigenvalue weighted by Gasteiger charge is 2.50. The van der Waals surface area contributed by atoms with Crippen LogP contribution in [0.2, 0.25) is 0 Å². The number of hydrogen-bond donors (Lipinski definition) is 0. The summed E-state index contributed by atoms with van der Waals surface area (Å²) in [5, 5.41) is 0. The van der Waals surface area contributed by atoms with Gasteiger partial charge in [0.15, 0.2) is 34.7 Å². The fraction of sp³-hybridized carbons (Fsp3) is 0.474. The van der Waals surface area contributed by atoms with Gasteiger partial charge in [-0.25, -0.2) is 9.59 Å². The monoisotopic (exact) mass is 684 g/mol. The molecule has 0 aromatic heterocycles. The summed E-state index contributed by atoms with van der Waals surface area (Å²) in [6.07, 6.45) is 0.308. The Morgan fingerprint density at radius 2 is 0.900 bits per heavy atom. The fourth-order valence-electron chi connectivity index (χ4n) is 7.25. The highest BCUT2D eigenvalue weighted by atomic mass is 16.6. The van der Waals surface area contributed by atoms with E-state index in [0.29, 0.717) is 36.8 Å². The van der Waals surface area contributed by atoms with E-state index in [2.05, 4.69) is 0 Å². The summed E-state index contributed by atoms with van der Waals surface area (Å²) in [6, 6.07) is 7.11. The fourth-order valence-corrected chi connectivity index (χ4v) is 7.25. The lowest BCUT2D eigenvalue weighted by Gasteiger charge is -2.28. The second kappa shape index (κ2) is 12.4. The first kappa shape index (κ1) is 34.8. The van der Waals surface area contributed by atoms with Gasteiger partial charge in [0, 0.05) is 35.3 Å². The van der Waals surface area contributed by atoms with Crippen molar-refractivity contribution < 1.29 is 47.8 Å². The lowest BCUT2D eigenvalue weighted by Crippen LogP contribution is -2.47. The number of nitrogens with zero attached hydrogens (tertiary/aromatic N) is 2. The van der Waals surface area contributed by atoms with Crippen molar-refractivity contribution in [2.45, 2.75) is 90.5 Å². The Bertz CT molecular complexity index is 1740. The van der Waals surface area contributed by atoms with Crippen LogP contribution in [0, 0.1) is 11.8 Å². The van der Waals surface area contributed by atoms with Crippen LogP contribution in [0.25, 0.3) is 11.1 Å². The predicted molar refractivity (Wildman–Crippen MR) is 178 cm³/mol. The first-order chi connectivity index (χ1) is 23.4. The van der Waals surface area contributed by atoms with Gasteiger partial charge in [0.05, 0.1) is 12.1 Å². The summed E-state index contributed by atoms with van der Waals surface area (Å²) in [4.78, 5) is 110. The molecule has 262 valence electrons. The number of likely N-dealkylation sites (tertiary alicyclic amines) is 2. The molecule has 2 saturated heterocycles. The molecule has 0 bridgehead atoms. The minimum Gasteiger partial charge on any atom is -0.444 e. The maximum Gasteiger partial charge on any atom is 0.410 e. The molecule has 2 aliphatic carbocycles. The largest absolute Gasteiger partial charge is 0.444 e. The van der Waals surface area contributed by atoms with Crippen LogP contribution in [-0.2, 0) is 19.1 Å². The van der Waals surface area contributed by atoms with Crippen LogP contribution < -0.4 is 0 Å². The van der Waals surface area contributed by atoms with Gasteiger partial charge in [-0.15, -0.1) is 0 Å². The van der Waals surface area contributed by atoms with Gasteiger partial charge in [-0.2, -0.15) is 0 Å². The van der Waals surface area contributed by atoms with Gasteiger partial charge in [0.1, 0.15) is 23.0 Å². The van der Waals surface area contributed by atoms with Crippen molar-refractivity contribution >= 4 is 46.9 Å². The van der Waals surface area contributed by atoms with Crippen LogP contribution in [0.1, 0.15) is 109 Å². The second-order valence-corrected chi connectivity index (χ2v) is 15.3. The number of Topliss-reactive ketones (excluding diaryl/α,β-unsaturated/α-hetero) is 6. The van der Waals surface area contributed by atoms with Crippen molar-refractivity contribution in [3.05, 3.63) is 58.7 Å². The van der Waals surface area contributed by atoms with E-state index in [4.69, 9.17) is 9.47 Å². The molecule has 0 radical (unpaired) electrons. The number of ketones is 6. The average molecular weight is 685 g/mol. The Kier molecular flexibility index (Phi) is 8.64. The highest BCUT2D eigenvalue weighted by molar-refractivity contribution is 6.37. The third kappa shape index (κ3) is 6.16. The summed E-state index contributed by atoms with van der Waals surface area (Å²) in [7, 11) is 0. The molecule has 2 aliphatic heterocycles. The quantitative estimate of drug-likeness (QED) is 0.379. The summed E-state index contributed by atoms with van der Waals surface area (Å²) in [5.74, 6) is -7.08. The first-order valence-electron chi connectivity index (χ1n) is 16.9. The minimum absolute atomic E-state index is 0.0482. The maximum absolute atomic E-state index is 13.7. The minimum atomic E-state index is -1.59. The molecule has 3 unspecified atom stereocenters. The van der Waals surface area contributed by atoms with Gasteiger partial charge in [-0.1, -0.05) is 24.3 Å². The molecule has 2 aromatic carbocycles. The topological polar surface area (TPSA) is 162 Å². The number of carbonyl (C=O) groups excluding carboxylic acids is 8. The molecule has 2 amide bonds. The van der Waals surface area contributed by atoms with E-state index in [-0.39, 0.29) is 35.3 Å². The number of benzene rings is 2. The summed E-state index contributed by atoms with van der Waals surface area (Å²) >= 11 is 0. The standard InChI is InChI=1S/C38H40N2O10/c1-37(2,3)49-35(47)39-15-7-9-25(39)33(45)27-29(41)21-13-11-19(17-23(21)31(27)43)20-12-14-22-24(18-20)32(44)28(30(22)42)34(46)26-10-8-16-40(26)36(48)50-38(4,5)6/h11-14,17-18,25-28H,7-10,15-16H2,1-6H3/t25-,26?,27?,28?/m0/s1. The first-order valence-corrected chi connectivity index (χ1v) is 16.9. The van der Waals surface area contributed by atoms with Crippen molar-refractivity contribution in [3.63, 3.8) is 0 Å². The molecule has 4 atom stereocenters. The zero-order chi connectivity index (χ0) is 36.4. The molecule has 50 heavy (non-hydrogen) atoms. The number of hydrogen-bond acceptors (Lipinski definition) is 10. The van der Waals surface area contributed by atoms with E-state index >= 15 is 0 Å². The molecule has 0 saturated carbocycles. The van der Waals surface area contributed by atoms with Crippen LogP contribution in [0.3, 0.4) is 0 Å². The van der Waals surface area contributed by atoms with Crippen LogP contribution in [0.5, 0.6) is 0 Å². The molecule has 12 nitrogen and oxygen atoms in total. The predicted octanol–water partition coefficient (Wildman–Crippen LogP) is 5.28. The van der Waals surface area contributed by atoms with Gasteiger partial charge in [0.2, 0.25) is 0 Å². The lowest BCUT2D eigenvalue weighted by atomic mass is 9.92. The van der Waals surface area contributed by atoms with E-state index in [0.717, 1.165) is 0 Å². The van der Waals surface area contributed by atoms with Gasteiger partial charge in [0.25, 0.3) is 0 Å². The van der Waals surface area contributed by atoms with E-state index in [1.807, 2.05) is 0 Å². The SMILES string of the molecule is CC(C)(C)OC(=O)N1CCCC1C(=O)C1C(=O)c2ccc(-c3ccc4c(c3)C(=O)C(C(=O)[C@@H]3CCCN3C(=O)OC(C)(C)C)C4=O)cc2C1=O. The van der Waals surface area contributed by atoms with Crippen molar-refractivity contribution in [3.8, 4) is 11.1 Å². The number of ether oxygens (including phenoxy) is 2. The van der Waals surface area contributed by atoms with E-state index in [9.17, 15) is 38.4 Å². The Balaban J connectivity index is 1.22. The van der Waals surface area contributed by atoms with Crippen molar-refractivity contribution in [2.24, 2.45) is 11.8 Å². The molecular weight excluding hydrogens is 644 g/mol. The smallest absolute Gasteiger partial charge is 0.410 e. The van der Waals surface area contributed by atoms with Gasteiger partial charge in [-0.05, 0) is 90.5 Å². The summed E-state index contributed by atoms with van der Waals surface area (Å²) < 4.78 is 10.9. The summed E-state index contributed by atoms with van der Waals surface area (Å²) in [5.41, 5.74) is -0.392. The van der Waals surface area contributed by atoms with Gasteiger partial charge in [-0.3, -0.25) is 38.6 Å². The maximum atomic E-state index is 13.7. The van der Waals surface area contributed by atoms with Crippen LogP contribution in [0.4, 0.5) is 9.59 Å². The number of amides is 2. The molecule has 0 N–H and O–H groups in total. The molecule has 6 rings (SSSR count). The van der Waals surface area contributed by atoms with E-state index < -0.39 is 82.0 Å². The number of fused-ring (bicyclic) bond motifs is 2. The van der Waals surface area contributed by atoms with Crippen molar-refractivity contribution in [1.82, 2.24) is 9.80 Å². The van der Waals surface area contributed by atoms with Gasteiger partial charge < -0.3 is 9.47 Å². The average Bonchev–Trinajstić information content (AvgIpc) is 3.81. The van der Waals surface area contributed by atoms with Crippen LogP contribution in [-0.4, -0.2) is 93.1 Å². The third-order valence-electron chi connectivity index (χ3n) is 9.47. The Morgan fingerprint density at radius 3 is 1.24 bits per heavy atom. The highest BCUT2D eigenvalue weighted by Crippen LogP contribution is 2.37. The Labute approximate surface area is 289 Å². The van der Waals surface area contributed by atoms with E-state index in [1.165, 1.54) is 34.1 Å². The van der Waals surface area contributed by atoms with Crippen molar-refractivity contribution in [2.75, 3.05) is 13.1 Å². The number of rotatable bonds is 5. The Morgan fingerprint density at radius 1 is 0.560 bits per heavy atom. The molecule has 12 heteroatoms. The third-order valence-corrected chi connectivity index (χ3v) is 9.47.